The number of likely N-dealkylation sites (tertiary alicyclic amines) is 1. The van der Waals surface area contributed by atoms with Crippen LogP contribution in [0.5, 0.6) is 0 Å². The molecule has 126 valence electrons. The zero-order chi connectivity index (χ0) is 16.9. The summed E-state index contributed by atoms with van der Waals surface area (Å²) in [5.74, 6) is 0.0862. The molecule has 0 unspecified atom stereocenters. The largest absolute Gasteiger partial charge is 0.342 e. The summed E-state index contributed by atoms with van der Waals surface area (Å²) in [5.41, 5.74) is 2.59. The molecule has 1 N–H and O–H groups in total. The van der Waals surface area contributed by atoms with E-state index in [0.29, 0.717) is 6.42 Å². The van der Waals surface area contributed by atoms with Crippen LogP contribution in [0, 0.1) is 0 Å². The minimum Gasteiger partial charge on any atom is -0.342 e. The van der Waals surface area contributed by atoms with Crippen LogP contribution in [0.3, 0.4) is 0 Å². The summed E-state index contributed by atoms with van der Waals surface area (Å²) in [6.45, 7) is 3.24. The van der Waals surface area contributed by atoms with Gasteiger partial charge in [0.1, 0.15) is 5.01 Å². The third-order valence-electron chi connectivity index (χ3n) is 4.05. The number of benzene rings is 1. The van der Waals surface area contributed by atoms with Gasteiger partial charge in [-0.15, -0.1) is 11.3 Å². The third kappa shape index (κ3) is 4.20. The number of piperidine rings is 1. The fourth-order valence-corrected chi connectivity index (χ4v) is 3.66. The van der Waals surface area contributed by atoms with Gasteiger partial charge in [0.05, 0.1) is 12.1 Å². The summed E-state index contributed by atoms with van der Waals surface area (Å²) in [7, 11) is 0. The number of amides is 2. The zero-order valence-electron chi connectivity index (χ0n) is 13.7. The van der Waals surface area contributed by atoms with Crippen molar-refractivity contribution >= 4 is 28.8 Å². The highest BCUT2D eigenvalue weighted by Gasteiger charge is 2.18. The second kappa shape index (κ2) is 7.57. The maximum Gasteiger partial charge on any atom is 0.228 e. The van der Waals surface area contributed by atoms with Gasteiger partial charge in [0.2, 0.25) is 11.8 Å². The normalized spacial score (nSPS) is 14.5. The highest BCUT2D eigenvalue weighted by Crippen LogP contribution is 2.25. The van der Waals surface area contributed by atoms with Crippen molar-refractivity contribution in [2.75, 3.05) is 18.4 Å². The molecule has 0 bridgehead atoms. The molecule has 24 heavy (non-hydrogen) atoms. The van der Waals surface area contributed by atoms with Crippen LogP contribution in [-0.4, -0.2) is 34.8 Å². The topological polar surface area (TPSA) is 62.3 Å². The van der Waals surface area contributed by atoms with Crippen LogP contribution in [0.1, 0.15) is 31.9 Å². The number of carbonyl (C=O) groups is 2. The molecular formula is C18H21N3O2S. The molecular weight excluding hydrogens is 322 g/mol. The van der Waals surface area contributed by atoms with E-state index in [1.54, 1.807) is 11.3 Å². The Morgan fingerprint density at radius 3 is 2.54 bits per heavy atom. The van der Waals surface area contributed by atoms with Crippen molar-refractivity contribution < 1.29 is 9.59 Å². The van der Waals surface area contributed by atoms with E-state index in [2.05, 4.69) is 10.3 Å². The quantitative estimate of drug-likeness (QED) is 0.926. The molecule has 3 rings (SSSR count). The number of anilines is 1. The van der Waals surface area contributed by atoms with Crippen LogP contribution in [0.2, 0.25) is 0 Å². The molecule has 5 nitrogen and oxygen atoms in total. The average Bonchev–Trinajstić information content (AvgIpc) is 3.04. The maximum atomic E-state index is 12.3. The Morgan fingerprint density at radius 1 is 1.17 bits per heavy atom. The van der Waals surface area contributed by atoms with Crippen molar-refractivity contribution in [1.29, 1.82) is 0 Å². The number of hydrogen-bond donors (Lipinski definition) is 1. The summed E-state index contributed by atoms with van der Waals surface area (Å²) in [6, 6.07) is 7.58. The van der Waals surface area contributed by atoms with Crippen molar-refractivity contribution in [1.82, 2.24) is 9.88 Å². The van der Waals surface area contributed by atoms with Gasteiger partial charge in [-0.1, -0.05) is 0 Å². The molecule has 1 saturated heterocycles. The van der Waals surface area contributed by atoms with E-state index >= 15 is 0 Å². The van der Waals surface area contributed by atoms with Gasteiger partial charge in [-0.3, -0.25) is 9.59 Å². The summed E-state index contributed by atoms with van der Waals surface area (Å²) in [5, 5.41) is 5.60. The monoisotopic (exact) mass is 343 g/mol. The van der Waals surface area contributed by atoms with Gasteiger partial charge < -0.3 is 10.2 Å². The number of nitrogens with zero attached hydrogens (tertiary/aromatic N) is 2. The molecule has 1 aromatic heterocycles. The lowest BCUT2D eigenvalue weighted by Crippen LogP contribution is -2.36. The highest BCUT2D eigenvalue weighted by molar-refractivity contribution is 7.13. The Hall–Kier alpha value is -2.21. The fourth-order valence-electron chi connectivity index (χ4n) is 2.83. The van der Waals surface area contributed by atoms with Crippen molar-refractivity contribution in [3.63, 3.8) is 0 Å². The number of thiazole rings is 1. The van der Waals surface area contributed by atoms with Crippen LogP contribution < -0.4 is 5.32 Å². The predicted molar refractivity (Wildman–Crippen MR) is 96.0 cm³/mol. The summed E-state index contributed by atoms with van der Waals surface area (Å²) < 4.78 is 0. The number of nitrogens with one attached hydrogen (secondary N) is 1. The first kappa shape index (κ1) is 16.6. The lowest BCUT2D eigenvalue weighted by Gasteiger charge is -2.26. The fraction of sp³-hybridized carbons (Fsp3) is 0.389. The number of rotatable bonds is 4. The minimum atomic E-state index is -0.0875. The Balaban J connectivity index is 1.64. The van der Waals surface area contributed by atoms with Crippen LogP contribution in [0.4, 0.5) is 5.69 Å². The standard InChI is InChI=1S/C18H21N3O2S/c1-13(22)19-15-7-5-14(6-8-15)18-20-16(12-24-18)11-17(23)21-9-3-2-4-10-21/h5-8,12H,2-4,9-11H2,1H3,(H,19,22). The van der Waals surface area contributed by atoms with Gasteiger partial charge in [-0.25, -0.2) is 4.98 Å². The van der Waals surface area contributed by atoms with Gasteiger partial charge in [-0.05, 0) is 43.5 Å². The molecule has 0 aliphatic carbocycles. The Labute approximate surface area is 145 Å². The van der Waals surface area contributed by atoms with Crippen LogP contribution >= 0.6 is 11.3 Å². The van der Waals surface area contributed by atoms with Gasteiger partial charge in [0.25, 0.3) is 0 Å². The number of carbonyl (C=O) groups excluding carboxylic acids is 2. The number of hydrogen-bond acceptors (Lipinski definition) is 4. The Bertz CT molecular complexity index is 718. The van der Waals surface area contributed by atoms with E-state index in [9.17, 15) is 9.59 Å². The van der Waals surface area contributed by atoms with Crippen molar-refractivity contribution in [3.8, 4) is 10.6 Å². The van der Waals surface area contributed by atoms with Crippen molar-refractivity contribution in [2.24, 2.45) is 0 Å². The van der Waals surface area contributed by atoms with Crippen LogP contribution in [0.25, 0.3) is 10.6 Å². The van der Waals surface area contributed by atoms with Crippen molar-refractivity contribution in [2.45, 2.75) is 32.6 Å². The van der Waals surface area contributed by atoms with E-state index in [0.717, 1.165) is 47.9 Å². The van der Waals surface area contributed by atoms with Gasteiger partial charge in [0, 0.05) is 36.6 Å². The van der Waals surface area contributed by atoms with E-state index in [4.69, 9.17) is 0 Å². The lowest BCUT2D eigenvalue weighted by atomic mass is 10.1. The molecule has 2 amide bonds. The highest BCUT2D eigenvalue weighted by atomic mass is 32.1. The predicted octanol–water partition coefficient (Wildman–Crippen LogP) is 3.32. The maximum absolute atomic E-state index is 12.3. The molecule has 0 radical (unpaired) electrons. The van der Waals surface area contributed by atoms with Crippen molar-refractivity contribution in [3.05, 3.63) is 35.3 Å². The van der Waals surface area contributed by atoms with E-state index in [1.165, 1.54) is 13.3 Å². The van der Waals surface area contributed by atoms with Crippen LogP contribution in [0.15, 0.2) is 29.6 Å². The molecule has 6 heteroatoms. The molecule has 0 saturated carbocycles. The first-order chi connectivity index (χ1) is 11.6. The molecule has 1 aromatic carbocycles. The third-order valence-corrected chi connectivity index (χ3v) is 4.99. The SMILES string of the molecule is CC(=O)Nc1ccc(-c2nc(CC(=O)N3CCCCC3)cs2)cc1. The van der Waals surface area contributed by atoms with E-state index < -0.39 is 0 Å². The molecule has 1 aliphatic rings. The molecule has 0 atom stereocenters. The van der Waals surface area contributed by atoms with Gasteiger partial charge >= 0.3 is 0 Å². The molecule has 1 fully saturated rings. The second-order valence-electron chi connectivity index (χ2n) is 6.02. The van der Waals surface area contributed by atoms with Gasteiger partial charge in [0.15, 0.2) is 0 Å². The molecule has 0 spiro atoms. The smallest absolute Gasteiger partial charge is 0.228 e. The molecule has 2 aromatic rings. The zero-order valence-corrected chi connectivity index (χ0v) is 14.6. The first-order valence-electron chi connectivity index (χ1n) is 8.22. The van der Waals surface area contributed by atoms with Gasteiger partial charge in [-0.2, -0.15) is 0 Å². The summed E-state index contributed by atoms with van der Waals surface area (Å²) in [6.07, 6.45) is 3.81. The average molecular weight is 343 g/mol. The Kier molecular flexibility index (Phi) is 5.25. The van der Waals surface area contributed by atoms with E-state index in [-0.39, 0.29) is 11.8 Å². The van der Waals surface area contributed by atoms with E-state index in [1.807, 2.05) is 34.5 Å². The Morgan fingerprint density at radius 2 is 1.88 bits per heavy atom. The first-order valence-corrected chi connectivity index (χ1v) is 9.10. The minimum absolute atomic E-state index is 0.0875. The van der Waals surface area contributed by atoms with Crippen LogP contribution in [-0.2, 0) is 16.0 Å². The number of aromatic nitrogens is 1. The molecule has 2 heterocycles. The molecule has 1 aliphatic heterocycles. The summed E-state index contributed by atoms with van der Waals surface area (Å²) >= 11 is 1.54. The second-order valence-corrected chi connectivity index (χ2v) is 6.88. The summed E-state index contributed by atoms with van der Waals surface area (Å²) in [4.78, 5) is 29.9. The lowest BCUT2D eigenvalue weighted by molar-refractivity contribution is -0.131.